The molecule has 0 aliphatic rings. The van der Waals surface area contributed by atoms with Crippen LogP contribution in [0.4, 0.5) is 17.6 Å². The van der Waals surface area contributed by atoms with Crippen LogP contribution in [0.15, 0.2) is 30.6 Å². The number of rotatable bonds is 2. The molecular weight excluding hydrogens is 236 g/mol. The highest BCUT2D eigenvalue weighted by Crippen LogP contribution is 2.32. The van der Waals surface area contributed by atoms with Gasteiger partial charge in [-0.3, -0.25) is 9.07 Å². The number of hydrogen-bond acceptors (Lipinski definition) is 1. The van der Waals surface area contributed by atoms with Crippen molar-refractivity contribution in [2.24, 2.45) is 0 Å². The Labute approximate surface area is 94.5 Å². The van der Waals surface area contributed by atoms with Crippen LogP contribution in [0, 0.1) is 11.9 Å². The number of alkyl halides is 3. The molecule has 1 aromatic heterocycles. The Kier molecular flexibility index (Phi) is 2.87. The first-order valence-corrected chi connectivity index (χ1v) is 4.71. The van der Waals surface area contributed by atoms with Gasteiger partial charge in [-0.05, 0) is 11.6 Å². The summed E-state index contributed by atoms with van der Waals surface area (Å²) in [5.41, 5.74) is -1.16. The molecule has 0 N–H and O–H groups in total. The van der Waals surface area contributed by atoms with Crippen molar-refractivity contribution in [1.82, 2.24) is 9.78 Å². The summed E-state index contributed by atoms with van der Waals surface area (Å²) < 4.78 is 52.0. The largest absolute Gasteiger partial charge is 0.370 e. The van der Waals surface area contributed by atoms with Crippen LogP contribution in [0.25, 0.3) is 0 Å². The van der Waals surface area contributed by atoms with Gasteiger partial charge in [-0.2, -0.15) is 24.3 Å². The minimum atomic E-state index is -4.60. The van der Waals surface area contributed by atoms with E-state index in [-0.39, 0.29) is 12.1 Å². The van der Waals surface area contributed by atoms with Crippen LogP contribution >= 0.6 is 0 Å². The minimum Gasteiger partial charge on any atom is -0.284 e. The van der Waals surface area contributed by atoms with Gasteiger partial charge in [0.05, 0.1) is 0 Å². The Morgan fingerprint density at radius 3 is 2.71 bits per heavy atom. The molecule has 0 aliphatic carbocycles. The van der Waals surface area contributed by atoms with Crippen LogP contribution in [0.1, 0.15) is 11.1 Å². The average molecular weight is 243 g/mol. The lowest BCUT2D eigenvalue weighted by atomic mass is 10.1. The lowest BCUT2D eigenvalue weighted by Crippen LogP contribution is -2.12. The van der Waals surface area contributed by atoms with Gasteiger partial charge >= 0.3 is 6.18 Å². The molecule has 2 aromatic rings. The average Bonchev–Trinajstić information content (AvgIpc) is 2.72. The fraction of sp³-hybridized carbons (Fsp3) is 0.182. The molecule has 0 saturated heterocycles. The molecule has 0 amide bonds. The van der Waals surface area contributed by atoms with Crippen LogP contribution in [0.2, 0.25) is 0 Å². The smallest absolute Gasteiger partial charge is 0.284 e. The van der Waals surface area contributed by atoms with Crippen molar-refractivity contribution in [3.63, 3.8) is 0 Å². The van der Waals surface area contributed by atoms with Gasteiger partial charge < -0.3 is 0 Å². The van der Waals surface area contributed by atoms with Gasteiger partial charge in [0.15, 0.2) is 0 Å². The molecule has 1 aromatic carbocycles. The molecule has 17 heavy (non-hydrogen) atoms. The summed E-state index contributed by atoms with van der Waals surface area (Å²) in [6.45, 7) is -0.0951. The summed E-state index contributed by atoms with van der Waals surface area (Å²) in [5, 5.41) is 3.79. The zero-order valence-electron chi connectivity index (χ0n) is 8.50. The highest BCUT2D eigenvalue weighted by Gasteiger charge is 2.27. The summed E-state index contributed by atoms with van der Waals surface area (Å²) in [5.74, 6) is -0.957. The molecule has 0 radical (unpaired) electrons. The summed E-state index contributed by atoms with van der Waals surface area (Å²) in [7, 11) is 0. The fourth-order valence-electron chi connectivity index (χ4n) is 1.44. The SMILES string of the molecule is Fc1c[c-]c(Cn2cccn2)c(C(F)(F)F)c1. The van der Waals surface area contributed by atoms with Gasteiger partial charge in [-0.25, -0.2) is 0 Å². The van der Waals surface area contributed by atoms with Gasteiger partial charge in [0.25, 0.3) is 0 Å². The zero-order chi connectivity index (χ0) is 12.5. The molecule has 90 valence electrons. The van der Waals surface area contributed by atoms with Gasteiger partial charge in [0, 0.05) is 24.8 Å². The molecular formula is C11H7F4N2-. The van der Waals surface area contributed by atoms with E-state index >= 15 is 0 Å². The van der Waals surface area contributed by atoms with E-state index in [4.69, 9.17) is 0 Å². The van der Waals surface area contributed by atoms with Crippen molar-refractivity contribution in [2.45, 2.75) is 12.7 Å². The maximum absolute atomic E-state index is 12.8. The van der Waals surface area contributed by atoms with Gasteiger partial charge in [0.1, 0.15) is 0 Å². The minimum absolute atomic E-state index is 0.0951. The molecule has 6 heteroatoms. The number of aromatic nitrogens is 2. The summed E-state index contributed by atoms with van der Waals surface area (Å²) in [6.07, 6.45) is -1.62. The third-order valence-electron chi connectivity index (χ3n) is 2.18. The van der Waals surface area contributed by atoms with Gasteiger partial charge in [-0.15, -0.1) is 17.7 Å². The van der Waals surface area contributed by atoms with E-state index in [2.05, 4.69) is 11.2 Å². The summed E-state index contributed by atoms with van der Waals surface area (Å²) in [4.78, 5) is 0. The van der Waals surface area contributed by atoms with Crippen LogP contribution < -0.4 is 0 Å². The molecule has 2 nitrogen and oxygen atoms in total. The van der Waals surface area contributed by atoms with Gasteiger partial charge in [-0.1, -0.05) is 0 Å². The Hall–Kier alpha value is -1.85. The monoisotopic (exact) mass is 243 g/mol. The van der Waals surface area contributed by atoms with Crippen molar-refractivity contribution in [3.8, 4) is 0 Å². The predicted octanol–water partition coefficient (Wildman–Crippen LogP) is 2.89. The molecule has 0 saturated carbocycles. The Morgan fingerprint density at radius 2 is 2.12 bits per heavy atom. The quantitative estimate of drug-likeness (QED) is 0.585. The third kappa shape index (κ3) is 2.64. The molecule has 2 rings (SSSR count). The van der Waals surface area contributed by atoms with Crippen LogP contribution in [0.5, 0.6) is 0 Å². The van der Waals surface area contributed by atoms with Gasteiger partial charge in [0.2, 0.25) is 0 Å². The number of benzene rings is 1. The Balaban J connectivity index is 2.40. The summed E-state index contributed by atoms with van der Waals surface area (Å²) >= 11 is 0. The Morgan fingerprint density at radius 1 is 1.35 bits per heavy atom. The van der Waals surface area contributed by atoms with Crippen molar-refractivity contribution >= 4 is 0 Å². The Bertz CT molecular complexity index is 503. The first-order valence-electron chi connectivity index (χ1n) is 4.71. The molecule has 1 heterocycles. The highest BCUT2D eigenvalue weighted by atomic mass is 19.4. The van der Waals surface area contributed by atoms with Crippen molar-refractivity contribution in [1.29, 1.82) is 0 Å². The zero-order valence-corrected chi connectivity index (χ0v) is 8.50. The van der Waals surface area contributed by atoms with E-state index in [1.54, 1.807) is 6.07 Å². The van der Waals surface area contributed by atoms with E-state index in [1.165, 1.54) is 17.1 Å². The van der Waals surface area contributed by atoms with E-state index < -0.39 is 17.6 Å². The number of nitrogens with zero attached hydrogens (tertiary/aromatic N) is 2. The first-order chi connectivity index (χ1) is 7.97. The molecule has 0 aliphatic heterocycles. The number of hydrogen-bond donors (Lipinski definition) is 0. The van der Waals surface area contributed by atoms with E-state index in [0.717, 1.165) is 6.07 Å². The normalized spacial score (nSPS) is 11.8. The first kappa shape index (κ1) is 11.6. The molecule has 0 atom stereocenters. The van der Waals surface area contributed by atoms with Crippen molar-refractivity contribution < 1.29 is 17.6 Å². The molecule has 0 fully saturated rings. The second-order valence-corrected chi connectivity index (χ2v) is 3.41. The molecule has 0 spiro atoms. The number of halogens is 4. The highest BCUT2D eigenvalue weighted by molar-refractivity contribution is 5.29. The summed E-state index contributed by atoms with van der Waals surface area (Å²) in [6, 6.07) is 5.24. The predicted molar refractivity (Wildman–Crippen MR) is 51.6 cm³/mol. The lowest BCUT2D eigenvalue weighted by molar-refractivity contribution is -0.138. The van der Waals surface area contributed by atoms with E-state index in [1.807, 2.05) is 0 Å². The van der Waals surface area contributed by atoms with Crippen molar-refractivity contribution in [3.05, 3.63) is 53.6 Å². The molecule has 0 bridgehead atoms. The standard InChI is InChI=1S/C11H7F4N2/c12-9-3-2-8(7-17-5-1-4-16-17)10(6-9)11(13,14)15/h1,3-6H,7H2/q-1. The maximum atomic E-state index is 12.8. The third-order valence-corrected chi connectivity index (χ3v) is 2.18. The van der Waals surface area contributed by atoms with E-state index in [9.17, 15) is 17.6 Å². The van der Waals surface area contributed by atoms with E-state index in [0.29, 0.717) is 6.07 Å². The van der Waals surface area contributed by atoms with Crippen molar-refractivity contribution in [2.75, 3.05) is 0 Å². The topological polar surface area (TPSA) is 17.8 Å². The van der Waals surface area contributed by atoms with Crippen LogP contribution in [-0.2, 0) is 12.7 Å². The van der Waals surface area contributed by atoms with Crippen LogP contribution in [-0.4, -0.2) is 9.78 Å². The van der Waals surface area contributed by atoms with Crippen LogP contribution in [0.3, 0.4) is 0 Å². The molecule has 0 unspecified atom stereocenters. The fourth-order valence-corrected chi connectivity index (χ4v) is 1.44. The lowest BCUT2D eigenvalue weighted by Gasteiger charge is -2.20. The maximum Gasteiger partial charge on any atom is 0.370 e. The second kappa shape index (κ2) is 4.20. The second-order valence-electron chi connectivity index (χ2n) is 3.41.